The molecule has 1 aromatic carbocycles. The number of rotatable bonds is 2. The Morgan fingerprint density at radius 3 is 2.74 bits per heavy atom. The molecule has 19 heavy (non-hydrogen) atoms. The zero-order valence-electron chi connectivity index (χ0n) is 9.26. The van der Waals surface area contributed by atoms with Gasteiger partial charge in [0, 0.05) is 0 Å². The highest BCUT2D eigenvalue weighted by molar-refractivity contribution is 7.58. The van der Waals surface area contributed by atoms with Crippen LogP contribution in [0.15, 0.2) is 27.3 Å². The fraction of sp³-hybridized carbons (Fsp3) is 0. The van der Waals surface area contributed by atoms with Gasteiger partial charge in [-0.3, -0.25) is 0 Å². The minimum absolute atomic E-state index is 0.407. The van der Waals surface area contributed by atoms with Crippen molar-refractivity contribution < 1.29 is 0 Å². The Hall–Kier alpha value is -1.70. The van der Waals surface area contributed by atoms with Crippen molar-refractivity contribution in [2.45, 2.75) is 0 Å². The molecule has 1 aliphatic heterocycles. The van der Waals surface area contributed by atoms with Gasteiger partial charge in [-0.05, 0) is 6.07 Å². The van der Waals surface area contributed by atoms with E-state index in [4.69, 9.17) is 28.9 Å². The fourth-order valence-electron chi connectivity index (χ4n) is 1.56. The van der Waals surface area contributed by atoms with Crippen LogP contribution in [0.2, 0.25) is 10.0 Å². The number of benzene rings is 1. The zero-order valence-corrected chi connectivity index (χ0v) is 11.6. The summed E-state index contributed by atoms with van der Waals surface area (Å²) in [6, 6.07) is 1.60. The Bertz CT molecular complexity index is 741. The van der Waals surface area contributed by atoms with Crippen LogP contribution in [0.5, 0.6) is 0 Å². The highest BCUT2D eigenvalue weighted by atomic mass is 35.5. The molecule has 0 bridgehead atoms. The number of halogens is 2. The number of fused-ring (bicyclic) bond motifs is 1. The molecule has 0 aliphatic carbocycles. The molecule has 96 valence electrons. The van der Waals surface area contributed by atoms with E-state index < -0.39 is 0 Å². The maximum atomic E-state index is 6.17. The first-order valence-electron chi connectivity index (χ1n) is 5.09. The van der Waals surface area contributed by atoms with Gasteiger partial charge in [-0.1, -0.05) is 23.2 Å². The van der Waals surface area contributed by atoms with Gasteiger partial charge in [0.2, 0.25) is 0 Å². The van der Waals surface area contributed by atoms with E-state index in [-0.39, 0.29) is 0 Å². The molecular weight excluding hydrogens is 307 g/mol. The van der Waals surface area contributed by atoms with Gasteiger partial charge in [0.1, 0.15) is 17.7 Å². The van der Waals surface area contributed by atoms with Crippen LogP contribution >= 0.6 is 23.2 Å². The van der Waals surface area contributed by atoms with E-state index in [0.717, 1.165) is 11.4 Å². The molecular formula is C10H6Cl2N6S. The topological polar surface area (TPSA) is 88.5 Å². The predicted octanol–water partition coefficient (Wildman–Crippen LogP) is 3.84. The van der Waals surface area contributed by atoms with Crippen LogP contribution < -0.4 is 11.1 Å². The molecule has 9 heteroatoms. The highest BCUT2D eigenvalue weighted by Crippen LogP contribution is 2.48. The lowest BCUT2D eigenvalue weighted by Crippen LogP contribution is -2.00. The van der Waals surface area contributed by atoms with E-state index in [1.807, 2.05) is 0 Å². The van der Waals surface area contributed by atoms with Crippen LogP contribution in [0.4, 0.5) is 28.6 Å². The summed E-state index contributed by atoms with van der Waals surface area (Å²) in [5.74, 6) is 0.452. The Balaban J connectivity index is 2.10. The third-order valence-corrected chi connectivity index (χ3v) is 3.54. The SMILES string of the molecule is Nc1cncnc1Nc1c(Cl)cc(Cl)c2c1N=S=N2. The Morgan fingerprint density at radius 1 is 1.16 bits per heavy atom. The van der Waals surface area contributed by atoms with Crippen LogP contribution in [0.1, 0.15) is 0 Å². The number of nitrogens with two attached hydrogens (primary N) is 1. The summed E-state index contributed by atoms with van der Waals surface area (Å²) in [5.41, 5.74) is 7.93. The van der Waals surface area contributed by atoms with Crippen LogP contribution in [0.25, 0.3) is 0 Å². The maximum absolute atomic E-state index is 6.17. The van der Waals surface area contributed by atoms with Gasteiger partial charge in [0.05, 0.1) is 39.0 Å². The second kappa shape index (κ2) is 4.76. The minimum Gasteiger partial charge on any atom is -0.394 e. The average Bonchev–Trinajstić information content (AvgIpc) is 2.86. The van der Waals surface area contributed by atoms with Crippen molar-refractivity contribution in [1.29, 1.82) is 0 Å². The zero-order chi connectivity index (χ0) is 13.4. The summed E-state index contributed by atoms with van der Waals surface area (Å²) >= 11 is 13.3. The smallest absolute Gasteiger partial charge is 0.157 e. The van der Waals surface area contributed by atoms with Gasteiger partial charge in [0.25, 0.3) is 0 Å². The lowest BCUT2D eigenvalue weighted by molar-refractivity contribution is 1.17. The third kappa shape index (κ3) is 2.16. The summed E-state index contributed by atoms with van der Waals surface area (Å²) in [7, 11) is 0. The number of nitrogens with zero attached hydrogens (tertiary/aromatic N) is 4. The maximum Gasteiger partial charge on any atom is 0.157 e. The lowest BCUT2D eigenvalue weighted by atomic mass is 10.2. The largest absolute Gasteiger partial charge is 0.394 e. The molecule has 3 rings (SSSR count). The first-order chi connectivity index (χ1) is 9.16. The first-order valence-corrected chi connectivity index (χ1v) is 6.58. The molecule has 0 fully saturated rings. The van der Waals surface area contributed by atoms with Gasteiger partial charge in [0.15, 0.2) is 5.82 Å². The number of nitrogen functional groups attached to an aromatic ring is 1. The molecule has 1 aliphatic rings. The number of anilines is 3. The van der Waals surface area contributed by atoms with Crippen molar-refractivity contribution in [3.63, 3.8) is 0 Å². The Kier molecular flexibility index (Phi) is 3.09. The van der Waals surface area contributed by atoms with E-state index in [1.54, 1.807) is 6.07 Å². The van der Waals surface area contributed by atoms with Gasteiger partial charge >= 0.3 is 0 Å². The van der Waals surface area contributed by atoms with Crippen molar-refractivity contribution in [2.75, 3.05) is 11.1 Å². The van der Waals surface area contributed by atoms with Gasteiger partial charge < -0.3 is 11.1 Å². The molecule has 0 saturated carbocycles. The molecule has 0 unspecified atom stereocenters. The number of hydrogen-bond acceptors (Lipinski definition) is 6. The van der Waals surface area contributed by atoms with Crippen molar-refractivity contribution in [2.24, 2.45) is 8.73 Å². The molecule has 0 atom stereocenters. The standard InChI is InChI=1S/C10H6Cl2N6S/c11-4-1-5(12)8-9(18-19-17-8)7(4)16-10-6(13)2-14-3-15-10/h1-3H,13H2,(H,14,15,16). The number of hydrogen-bond donors (Lipinski definition) is 2. The van der Waals surface area contributed by atoms with Gasteiger partial charge in [-0.15, -0.1) is 0 Å². The summed E-state index contributed by atoms with van der Waals surface area (Å²) in [6.45, 7) is 0. The fourth-order valence-corrected chi connectivity index (χ4v) is 2.72. The van der Waals surface area contributed by atoms with Crippen molar-refractivity contribution in [3.8, 4) is 0 Å². The van der Waals surface area contributed by atoms with Crippen LogP contribution in [0.3, 0.4) is 0 Å². The van der Waals surface area contributed by atoms with Crippen molar-refractivity contribution >= 4 is 63.1 Å². The summed E-state index contributed by atoms with van der Waals surface area (Å²) < 4.78 is 8.30. The summed E-state index contributed by atoms with van der Waals surface area (Å²) in [5, 5.41) is 3.91. The third-order valence-electron chi connectivity index (χ3n) is 2.43. The molecule has 0 saturated heterocycles. The summed E-state index contributed by atoms with van der Waals surface area (Å²) in [6.07, 6.45) is 2.88. The van der Waals surface area contributed by atoms with E-state index in [9.17, 15) is 0 Å². The molecule has 2 heterocycles. The Labute approximate surface area is 121 Å². The molecule has 0 amide bonds. The van der Waals surface area contributed by atoms with E-state index in [0.29, 0.717) is 38.6 Å². The lowest BCUT2D eigenvalue weighted by Gasteiger charge is -2.12. The summed E-state index contributed by atoms with van der Waals surface area (Å²) in [4.78, 5) is 7.86. The van der Waals surface area contributed by atoms with Gasteiger partial charge in [-0.2, -0.15) is 8.73 Å². The van der Waals surface area contributed by atoms with E-state index in [2.05, 4.69) is 24.0 Å². The van der Waals surface area contributed by atoms with E-state index in [1.165, 1.54) is 12.5 Å². The quantitative estimate of drug-likeness (QED) is 0.752. The Morgan fingerprint density at radius 2 is 1.95 bits per heavy atom. The van der Waals surface area contributed by atoms with Gasteiger partial charge in [-0.25, -0.2) is 9.97 Å². The molecule has 2 aromatic rings. The molecule has 1 aromatic heterocycles. The van der Waals surface area contributed by atoms with E-state index >= 15 is 0 Å². The first kappa shape index (κ1) is 12.3. The predicted molar refractivity (Wildman–Crippen MR) is 77.7 cm³/mol. The van der Waals surface area contributed by atoms with Crippen molar-refractivity contribution in [3.05, 3.63) is 28.6 Å². The molecule has 0 radical (unpaired) electrons. The number of aromatic nitrogens is 2. The van der Waals surface area contributed by atoms with Crippen LogP contribution in [0, 0.1) is 0 Å². The second-order valence-electron chi connectivity index (χ2n) is 3.63. The number of nitrogens with one attached hydrogen (secondary N) is 1. The molecule has 6 nitrogen and oxygen atoms in total. The van der Waals surface area contributed by atoms with Crippen molar-refractivity contribution in [1.82, 2.24) is 9.97 Å². The van der Waals surface area contributed by atoms with Crippen LogP contribution in [-0.2, 0) is 11.4 Å². The molecule has 3 N–H and O–H groups in total. The average molecular weight is 313 g/mol. The second-order valence-corrected chi connectivity index (χ2v) is 4.97. The normalized spacial score (nSPS) is 12.1. The molecule has 0 spiro atoms. The minimum atomic E-state index is 0.407. The van der Waals surface area contributed by atoms with Crippen LogP contribution in [-0.4, -0.2) is 9.97 Å². The highest BCUT2D eigenvalue weighted by Gasteiger charge is 2.19. The monoisotopic (exact) mass is 312 g/mol.